The van der Waals surface area contributed by atoms with Gasteiger partial charge in [0, 0.05) is 40.6 Å². The number of amides is 2. The number of Topliss-reactive ketones (excluding diaryl/α,β-unsaturated/α-hetero) is 1. The highest BCUT2D eigenvalue weighted by atomic mass is 32.2. The maximum Gasteiger partial charge on any atom is 0.347 e. The molecule has 0 saturated heterocycles. The van der Waals surface area contributed by atoms with E-state index in [0.29, 0.717) is 49.4 Å². The molecule has 0 aliphatic heterocycles. The second-order valence-electron chi connectivity index (χ2n) is 11.0. The third-order valence-corrected chi connectivity index (χ3v) is 8.22. The van der Waals surface area contributed by atoms with Crippen LogP contribution in [0, 0.1) is 0 Å². The molecule has 3 aromatic rings. The molecule has 0 unspecified atom stereocenters. The van der Waals surface area contributed by atoms with E-state index < -0.39 is 23.9 Å². The summed E-state index contributed by atoms with van der Waals surface area (Å²) in [6.45, 7) is 4.26. The number of fused-ring (bicyclic) bond motifs is 1. The molecule has 1 aromatic heterocycles. The number of hydrazone groups is 1. The summed E-state index contributed by atoms with van der Waals surface area (Å²) in [5.74, 6) is -1.44. The van der Waals surface area contributed by atoms with Crippen LogP contribution in [0.1, 0.15) is 75.9 Å². The van der Waals surface area contributed by atoms with Crippen molar-refractivity contribution in [3.8, 4) is 5.75 Å². The Hall–Kier alpha value is -5.09. The van der Waals surface area contributed by atoms with Gasteiger partial charge in [0.15, 0.2) is 5.78 Å². The van der Waals surface area contributed by atoms with Crippen LogP contribution in [0.4, 0.5) is 5.82 Å². The number of allylic oxidation sites excluding steroid dienone is 1. The van der Waals surface area contributed by atoms with Crippen LogP contribution in [-0.4, -0.2) is 59.8 Å². The Bertz CT molecular complexity index is 1680. The van der Waals surface area contributed by atoms with Crippen molar-refractivity contribution in [3.63, 3.8) is 0 Å². The summed E-state index contributed by atoms with van der Waals surface area (Å²) in [4.78, 5) is 58.5. The van der Waals surface area contributed by atoms with E-state index in [1.54, 1.807) is 18.2 Å². The SMILES string of the molecule is C=CCc1c(OCCCCCC(=O)N[C@@H](NC(=O)c2ccc(N/N=C/c3ccccc3SOOOC)nc2)C(=O)O)ccc2c1CCCC2=O. The predicted octanol–water partition coefficient (Wildman–Crippen LogP) is 5.19. The van der Waals surface area contributed by atoms with Crippen molar-refractivity contribution in [2.24, 2.45) is 5.10 Å². The number of ketones is 1. The van der Waals surface area contributed by atoms with E-state index >= 15 is 0 Å². The number of carboxylic acid groups (broad SMARTS) is 1. The summed E-state index contributed by atoms with van der Waals surface area (Å²) >= 11 is 0.935. The quantitative estimate of drug-likeness (QED) is 0.0230. The number of ether oxygens (including phenoxy) is 1. The van der Waals surface area contributed by atoms with Crippen LogP contribution in [0.15, 0.2) is 77.4 Å². The molecule has 4 rings (SSSR count). The minimum atomic E-state index is -1.63. The Balaban J connectivity index is 1.19. The second kappa shape index (κ2) is 19.8. The van der Waals surface area contributed by atoms with Crippen LogP contribution >= 0.6 is 12.0 Å². The lowest BCUT2D eigenvalue weighted by atomic mass is 9.86. The van der Waals surface area contributed by atoms with Gasteiger partial charge < -0.3 is 20.5 Å². The number of hydrogen-bond donors (Lipinski definition) is 4. The average molecular weight is 706 g/mol. The van der Waals surface area contributed by atoms with E-state index in [-0.39, 0.29) is 17.8 Å². The Morgan fingerprint density at radius 1 is 1.08 bits per heavy atom. The van der Waals surface area contributed by atoms with Crippen LogP contribution in [0.25, 0.3) is 0 Å². The lowest BCUT2D eigenvalue weighted by Gasteiger charge is -2.21. The molecule has 1 aliphatic carbocycles. The molecule has 50 heavy (non-hydrogen) atoms. The van der Waals surface area contributed by atoms with E-state index in [4.69, 9.17) is 9.07 Å². The van der Waals surface area contributed by atoms with E-state index in [1.807, 2.05) is 24.3 Å². The van der Waals surface area contributed by atoms with Crippen molar-refractivity contribution in [3.05, 3.63) is 95.2 Å². The van der Waals surface area contributed by atoms with Gasteiger partial charge in [-0.05, 0) is 74.4 Å². The van der Waals surface area contributed by atoms with Gasteiger partial charge in [0.2, 0.25) is 12.1 Å². The number of carboxylic acids is 1. The molecule has 0 bridgehead atoms. The van der Waals surface area contributed by atoms with E-state index in [9.17, 15) is 24.3 Å². The zero-order chi connectivity index (χ0) is 35.7. The first-order valence-electron chi connectivity index (χ1n) is 15.9. The summed E-state index contributed by atoms with van der Waals surface area (Å²) in [6, 6.07) is 13.8. The third-order valence-electron chi connectivity index (χ3n) is 7.55. The van der Waals surface area contributed by atoms with E-state index in [1.165, 1.54) is 31.7 Å². The minimum absolute atomic E-state index is 0.0713. The molecule has 14 nitrogen and oxygen atoms in total. The predicted molar refractivity (Wildman–Crippen MR) is 186 cm³/mol. The van der Waals surface area contributed by atoms with Gasteiger partial charge in [-0.15, -0.1) is 10.9 Å². The maximum absolute atomic E-state index is 12.7. The Kier molecular flexibility index (Phi) is 14.9. The number of aromatic nitrogens is 1. The first kappa shape index (κ1) is 37.7. The number of aliphatic carboxylic acids is 1. The number of nitrogens with one attached hydrogen (secondary N) is 3. The number of rotatable bonds is 20. The lowest BCUT2D eigenvalue weighted by Crippen LogP contribution is -2.52. The molecular formula is C35H39N5O9S. The highest BCUT2D eigenvalue weighted by Crippen LogP contribution is 2.32. The number of benzene rings is 2. The molecular weight excluding hydrogens is 666 g/mol. The minimum Gasteiger partial charge on any atom is -0.493 e. The highest BCUT2D eigenvalue weighted by Gasteiger charge is 2.24. The van der Waals surface area contributed by atoms with Crippen molar-refractivity contribution in [2.45, 2.75) is 62.4 Å². The number of pyridine rings is 1. The molecule has 0 spiro atoms. The first-order valence-corrected chi connectivity index (χ1v) is 16.7. The molecule has 1 heterocycles. The van der Waals surface area contributed by atoms with Crippen molar-refractivity contribution >= 4 is 47.6 Å². The van der Waals surface area contributed by atoms with E-state index in [2.05, 4.69) is 42.6 Å². The fraction of sp³-hybridized carbons (Fsp3) is 0.314. The zero-order valence-electron chi connectivity index (χ0n) is 27.5. The molecule has 15 heteroatoms. The van der Waals surface area contributed by atoms with Gasteiger partial charge in [0.05, 0.1) is 37.5 Å². The fourth-order valence-corrected chi connectivity index (χ4v) is 5.65. The number of nitrogens with zero attached hydrogens (tertiary/aromatic N) is 2. The Morgan fingerprint density at radius 3 is 2.68 bits per heavy atom. The van der Waals surface area contributed by atoms with Gasteiger partial charge in [0.1, 0.15) is 11.6 Å². The summed E-state index contributed by atoms with van der Waals surface area (Å²) < 4.78 is 10.9. The zero-order valence-corrected chi connectivity index (χ0v) is 28.3. The third kappa shape index (κ3) is 11.2. The van der Waals surface area contributed by atoms with Crippen LogP contribution < -0.4 is 20.8 Å². The van der Waals surface area contributed by atoms with Crippen molar-refractivity contribution in [2.75, 3.05) is 19.1 Å². The van der Waals surface area contributed by atoms with Gasteiger partial charge in [-0.25, -0.2) is 14.7 Å². The van der Waals surface area contributed by atoms with Gasteiger partial charge in [-0.1, -0.05) is 29.3 Å². The smallest absolute Gasteiger partial charge is 0.347 e. The van der Waals surface area contributed by atoms with Crippen LogP contribution in [0.3, 0.4) is 0 Å². The first-order chi connectivity index (χ1) is 24.3. The summed E-state index contributed by atoms with van der Waals surface area (Å²) in [5.41, 5.74) is 6.36. The molecule has 264 valence electrons. The number of anilines is 1. The number of carbonyl (C=O) groups is 4. The van der Waals surface area contributed by atoms with Gasteiger partial charge >= 0.3 is 5.97 Å². The molecule has 0 fully saturated rings. The summed E-state index contributed by atoms with van der Waals surface area (Å²) in [6.07, 6.45) is 7.70. The van der Waals surface area contributed by atoms with Gasteiger partial charge in [0.25, 0.3) is 5.91 Å². The number of unbranched alkanes of at least 4 members (excludes halogenated alkanes) is 2. The largest absolute Gasteiger partial charge is 0.493 e. The van der Waals surface area contributed by atoms with E-state index in [0.717, 1.165) is 52.9 Å². The normalized spacial score (nSPS) is 12.9. The number of carbonyl (C=O) groups excluding carboxylic acids is 3. The average Bonchev–Trinajstić information content (AvgIpc) is 3.11. The molecule has 0 radical (unpaired) electrons. The monoisotopic (exact) mass is 705 g/mol. The van der Waals surface area contributed by atoms with Crippen LogP contribution in [-0.2, 0) is 36.7 Å². The molecule has 2 amide bonds. The molecule has 1 aliphatic rings. The fourth-order valence-electron chi connectivity index (χ4n) is 5.14. The number of hydrogen-bond acceptors (Lipinski definition) is 12. The standard InChI is InChI=1S/C35H39N5O9S/c1-3-10-27-25-12-9-13-28(41)26(25)17-18-29(27)47-20-8-4-5-15-32(42)38-33(35(44)45)39-34(43)24-16-19-31(36-21-24)40-37-22-23-11-6-7-14-30(23)50-49-48-46-2/h3,6-7,11,14,16-19,21-22,33H,1,4-5,8-10,12-13,15,20H2,2H3,(H,36,40)(H,38,42)(H,39,43)(H,44,45)/b37-22+/t33-/m0/s1. The molecule has 2 aromatic carbocycles. The van der Waals surface area contributed by atoms with Crippen molar-refractivity contribution < 1.29 is 43.3 Å². The van der Waals surface area contributed by atoms with Crippen LogP contribution in [0.2, 0.25) is 0 Å². The van der Waals surface area contributed by atoms with Crippen molar-refractivity contribution in [1.29, 1.82) is 0 Å². The topological polar surface area (TPSA) is 187 Å². The molecule has 4 N–H and O–H groups in total. The molecule has 1 atom stereocenters. The molecule has 0 saturated carbocycles. The van der Waals surface area contributed by atoms with Gasteiger partial charge in [-0.3, -0.25) is 19.8 Å². The maximum atomic E-state index is 12.7. The van der Waals surface area contributed by atoms with Gasteiger partial charge in [-0.2, -0.15) is 5.10 Å². The van der Waals surface area contributed by atoms with Crippen LogP contribution in [0.5, 0.6) is 5.75 Å². The van der Waals surface area contributed by atoms with Crippen molar-refractivity contribution in [1.82, 2.24) is 15.6 Å². The highest BCUT2D eigenvalue weighted by molar-refractivity contribution is 7.94. The Morgan fingerprint density at radius 2 is 1.92 bits per heavy atom. The summed E-state index contributed by atoms with van der Waals surface area (Å²) in [5, 5.41) is 22.8. The summed E-state index contributed by atoms with van der Waals surface area (Å²) in [7, 11) is 1.31. The lowest BCUT2D eigenvalue weighted by molar-refractivity contribution is -0.447. The second-order valence-corrected chi connectivity index (χ2v) is 11.8. The Labute approximate surface area is 293 Å².